The van der Waals surface area contributed by atoms with Crippen molar-refractivity contribution in [2.45, 2.75) is 37.8 Å². The van der Waals surface area contributed by atoms with Crippen LogP contribution in [0.25, 0.3) is 11.7 Å². The van der Waals surface area contributed by atoms with E-state index in [9.17, 15) is 14.4 Å². The van der Waals surface area contributed by atoms with Gasteiger partial charge in [-0.15, -0.1) is 0 Å². The lowest BCUT2D eigenvalue weighted by Crippen LogP contribution is -2.30. The first-order valence-electron chi connectivity index (χ1n) is 11.5. The fourth-order valence-corrected chi connectivity index (χ4v) is 3.86. The molecule has 1 aromatic carbocycles. The number of hydrogen-bond donors (Lipinski definition) is 5. The summed E-state index contributed by atoms with van der Waals surface area (Å²) in [5.74, 6) is 0.832. The molecular formula is C23H21ClN8O4. The average Bonchev–Trinajstić information content (AvgIpc) is 3.75. The fraction of sp³-hybridized carbons (Fsp3) is 0.261. The number of carbonyl (C=O) groups excluding carboxylic acids is 3. The Hall–Kier alpha value is -4.32. The standard InChI is InChI=1S/C23H21ClN8O4/c24-15-8-14(5-6-16(15)28-22(34)27-13-3-4-13)36-19-9-18(26-12-1-2-12)32-20(30-19)11(10-25-32)7-17-21(33)31-23(35)29-17/h5-10,12-13,26H,1-4H2,(H2,27,28,34)(H2,29,31,33,35)/b17-7-. The third-order valence-electron chi connectivity index (χ3n) is 5.75. The molecule has 5 amide bonds. The first kappa shape index (κ1) is 22.2. The van der Waals surface area contributed by atoms with Crippen LogP contribution in [0, 0.1) is 0 Å². The largest absolute Gasteiger partial charge is 0.439 e. The first-order valence-corrected chi connectivity index (χ1v) is 11.8. The number of benzene rings is 1. The van der Waals surface area contributed by atoms with E-state index >= 15 is 0 Å². The maximum atomic E-state index is 12.0. The molecule has 0 atom stereocenters. The summed E-state index contributed by atoms with van der Waals surface area (Å²) in [5, 5.41) is 18.3. The highest BCUT2D eigenvalue weighted by Crippen LogP contribution is 2.32. The van der Waals surface area contributed by atoms with Gasteiger partial charge in [0.15, 0.2) is 5.65 Å². The fourth-order valence-electron chi connectivity index (χ4n) is 3.64. The molecular weight excluding hydrogens is 488 g/mol. The Bertz CT molecular complexity index is 1440. The number of amides is 5. The lowest BCUT2D eigenvalue weighted by Gasteiger charge is -2.12. The van der Waals surface area contributed by atoms with Crippen molar-refractivity contribution >= 4 is 52.8 Å². The molecule has 2 aliphatic carbocycles. The molecule has 3 aromatic rings. The van der Waals surface area contributed by atoms with Gasteiger partial charge in [0, 0.05) is 29.8 Å². The Morgan fingerprint density at radius 3 is 2.64 bits per heavy atom. The number of ether oxygens (including phenoxy) is 1. The summed E-state index contributed by atoms with van der Waals surface area (Å²) in [6.07, 6.45) is 7.12. The minimum absolute atomic E-state index is 0.0975. The number of halogens is 1. The quantitative estimate of drug-likeness (QED) is 0.243. The molecule has 3 heterocycles. The zero-order chi connectivity index (χ0) is 24.8. The Kier molecular flexibility index (Phi) is 5.37. The zero-order valence-corrected chi connectivity index (χ0v) is 19.6. The molecule has 3 aliphatic rings. The highest BCUT2D eigenvalue weighted by atomic mass is 35.5. The highest BCUT2D eigenvalue weighted by molar-refractivity contribution is 6.33. The molecule has 0 unspecified atom stereocenters. The van der Waals surface area contributed by atoms with Gasteiger partial charge in [-0.25, -0.2) is 9.59 Å². The molecule has 0 radical (unpaired) electrons. The topological polar surface area (TPSA) is 151 Å². The van der Waals surface area contributed by atoms with E-state index < -0.39 is 11.9 Å². The Morgan fingerprint density at radius 2 is 1.94 bits per heavy atom. The monoisotopic (exact) mass is 508 g/mol. The summed E-state index contributed by atoms with van der Waals surface area (Å²) in [6.45, 7) is 0. The van der Waals surface area contributed by atoms with Crippen LogP contribution < -0.4 is 31.3 Å². The van der Waals surface area contributed by atoms with E-state index in [0.29, 0.717) is 39.5 Å². The molecule has 2 saturated carbocycles. The first-order chi connectivity index (χ1) is 17.4. The minimum Gasteiger partial charge on any atom is -0.439 e. The summed E-state index contributed by atoms with van der Waals surface area (Å²) in [4.78, 5) is 40.0. The van der Waals surface area contributed by atoms with Crippen molar-refractivity contribution in [3.8, 4) is 11.6 Å². The second-order valence-electron chi connectivity index (χ2n) is 8.82. The van der Waals surface area contributed by atoms with Crippen molar-refractivity contribution in [2.75, 3.05) is 10.6 Å². The van der Waals surface area contributed by atoms with E-state index in [1.165, 1.54) is 6.08 Å². The number of urea groups is 2. The average molecular weight is 509 g/mol. The molecule has 1 saturated heterocycles. The van der Waals surface area contributed by atoms with Gasteiger partial charge in [0.1, 0.15) is 17.3 Å². The van der Waals surface area contributed by atoms with Gasteiger partial charge in [0.25, 0.3) is 5.91 Å². The van der Waals surface area contributed by atoms with Crippen LogP contribution >= 0.6 is 11.6 Å². The third-order valence-corrected chi connectivity index (χ3v) is 6.06. The summed E-state index contributed by atoms with van der Waals surface area (Å²) in [5.41, 5.74) is 1.51. The Morgan fingerprint density at radius 1 is 1.14 bits per heavy atom. The summed E-state index contributed by atoms with van der Waals surface area (Å²) in [7, 11) is 0. The molecule has 5 N–H and O–H groups in total. The van der Waals surface area contributed by atoms with Crippen molar-refractivity contribution < 1.29 is 19.1 Å². The summed E-state index contributed by atoms with van der Waals surface area (Å²) < 4.78 is 7.62. The van der Waals surface area contributed by atoms with Crippen molar-refractivity contribution in [3.63, 3.8) is 0 Å². The molecule has 13 heteroatoms. The predicted octanol–water partition coefficient (Wildman–Crippen LogP) is 3.21. The summed E-state index contributed by atoms with van der Waals surface area (Å²) >= 11 is 6.37. The molecule has 3 fully saturated rings. The second-order valence-corrected chi connectivity index (χ2v) is 9.22. The normalized spacial score (nSPS) is 18.2. The zero-order valence-electron chi connectivity index (χ0n) is 18.8. The molecule has 36 heavy (non-hydrogen) atoms. The molecule has 6 rings (SSSR count). The molecule has 0 spiro atoms. The van der Waals surface area contributed by atoms with Crippen LogP contribution in [0.2, 0.25) is 5.02 Å². The van der Waals surface area contributed by atoms with Gasteiger partial charge >= 0.3 is 12.1 Å². The lowest BCUT2D eigenvalue weighted by molar-refractivity contribution is -0.115. The van der Waals surface area contributed by atoms with Crippen LogP contribution in [0.1, 0.15) is 31.2 Å². The Labute approximate surface area is 209 Å². The number of imide groups is 1. The highest BCUT2D eigenvalue weighted by Gasteiger charge is 2.26. The lowest BCUT2D eigenvalue weighted by atomic mass is 10.2. The third kappa shape index (κ3) is 4.75. The van der Waals surface area contributed by atoms with Crippen molar-refractivity contribution in [3.05, 3.63) is 46.7 Å². The molecule has 1 aliphatic heterocycles. The van der Waals surface area contributed by atoms with E-state index in [-0.39, 0.29) is 23.6 Å². The number of aromatic nitrogens is 3. The predicted molar refractivity (Wildman–Crippen MR) is 131 cm³/mol. The molecule has 184 valence electrons. The van der Waals surface area contributed by atoms with Gasteiger partial charge in [0.2, 0.25) is 5.88 Å². The molecule has 2 aromatic heterocycles. The number of anilines is 2. The second kappa shape index (κ2) is 8.72. The van der Waals surface area contributed by atoms with Crippen LogP contribution in [0.3, 0.4) is 0 Å². The van der Waals surface area contributed by atoms with E-state index in [4.69, 9.17) is 16.3 Å². The smallest absolute Gasteiger partial charge is 0.326 e. The number of fused-ring (bicyclic) bond motifs is 1. The SMILES string of the molecule is O=C1NC(=O)/C(=C/c2cnn3c(NC4CC4)cc(Oc4ccc(NC(=O)NC5CC5)c(Cl)c4)nc23)N1. The number of carbonyl (C=O) groups is 3. The summed E-state index contributed by atoms with van der Waals surface area (Å²) in [6, 6.07) is 6.32. The maximum absolute atomic E-state index is 12.0. The van der Waals surface area contributed by atoms with E-state index in [0.717, 1.165) is 25.7 Å². The maximum Gasteiger partial charge on any atom is 0.326 e. The van der Waals surface area contributed by atoms with Gasteiger partial charge in [-0.1, -0.05) is 11.6 Å². The van der Waals surface area contributed by atoms with Crippen molar-refractivity contribution in [1.82, 2.24) is 30.5 Å². The van der Waals surface area contributed by atoms with Crippen molar-refractivity contribution in [1.29, 1.82) is 0 Å². The van der Waals surface area contributed by atoms with Crippen LogP contribution in [-0.4, -0.2) is 44.7 Å². The number of nitrogens with zero attached hydrogens (tertiary/aromatic N) is 3. The van der Waals surface area contributed by atoms with Gasteiger partial charge < -0.3 is 26.0 Å². The van der Waals surface area contributed by atoms with Crippen molar-refractivity contribution in [2.24, 2.45) is 0 Å². The van der Waals surface area contributed by atoms with Gasteiger partial charge in [-0.2, -0.15) is 14.6 Å². The van der Waals surface area contributed by atoms with E-state index in [1.54, 1.807) is 35.0 Å². The molecule has 0 bridgehead atoms. The van der Waals surface area contributed by atoms with Crippen LogP contribution in [0.5, 0.6) is 11.6 Å². The van der Waals surface area contributed by atoms with Gasteiger partial charge in [-0.05, 0) is 43.9 Å². The number of hydrogen-bond acceptors (Lipinski definition) is 7. The van der Waals surface area contributed by atoms with Crippen LogP contribution in [-0.2, 0) is 4.79 Å². The molecule has 12 nitrogen and oxygen atoms in total. The minimum atomic E-state index is -0.587. The Balaban J connectivity index is 1.28. The number of nitrogens with one attached hydrogen (secondary N) is 5. The van der Waals surface area contributed by atoms with Gasteiger partial charge in [0.05, 0.1) is 16.9 Å². The van der Waals surface area contributed by atoms with E-state index in [2.05, 4.69) is 36.7 Å². The number of rotatable bonds is 7. The van der Waals surface area contributed by atoms with Crippen LogP contribution in [0.4, 0.5) is 21.1 Å². The van der Waals surface area contributed by atoms with E-state index in [1.807, 2.05) is 0 Å². The van der Waals surface area contributed by atoms with Gasteiger partial charge in [-0.3, -0.25) is 10.1 Å². The van der Waals surface area contributed by atoms with Crippen LogP contribution in [0.15, 0.2) is 36.2 Å².